The van der Waals surface area contributed by atoms with E-state index in [1.165, 1.54) is 6.07 Å². The van der Waals surface area contributed by atoms with Crippen LogP contribution in [-0.2, 0) is 0 Å². The molecule has 0 amide bonds. The van der Waals surface area contributed by atoms with Gasteiger partial charge in [-0.1, -0.05) is 0 Å². The molecule has 2 N–H and O–H groups in total. The first-order valence-corrected chi connectivity index (χ1v) is 5.88. The number of nitrogens with zero attached hydrogens (tertiary/aromatic N) is 3. The molecule has 0 bridgehead atoms. The highest BCUT2D eigenvalue weighted by Crippen LogP contribution is 2.35. The number of nitrogens with one attached hydrogen (secondary N) is 1. The van der Waals surface area contributed by atoms with Crippen molar-refractivity contribution in [1.82, 2.24) is 4.98 Å². The first kappa shape index (κ1) is 12.6. The van der Waals surface area contributed by atoms with E-state index in [9.17, 15) is 10.1 Å². The topological polar surface area (TPSA) is 91.5 Å². The minimum absolute atomic E-state index is 0.0191. The molecular formula is C11H16N4O3. The predicted molar refractivity (Wildman–Crippen MR) is 67.9 cm³/mol. The zero-order valence-corrected chi connectivity index (χ0v) is 10.2. The highest BCUT2D eigenvalue weighted by molar-refractivity contribution is 5.62. The average molecular weight is 252 g/mol. The maximum Gasteiger partial charge on any atom is 0.311 e. The van der Waals surface area contributed by atoms with Crippen LogP contribution >= 0.6 is 0 Å². The molecule has 1 heterocycles. The van der Waals surface area contributed by atoms with Crippen molar-refractivity contribution >= 4 is 17.3 Å². The Kier molecular flexibility index (Phi) is 3.61. The van der Waals surface area contributed by atoms with E-state index in [-0.39, 0.29) is 18.3 Å². The van der Waals surface area contributed by atoms with Crippen LogP contribution in [0.25, 0.3) is 0 Å². The molecule has 2 rings (SSSR count). The quantitative estimate of drug-likeness (QED) is 0.579. The van der Waals surface area contributed by atoms with E-state index in [1.807, 2.05) is 4.90 Å². The van der Waals surface area contributed by atoms with Gasteiger partial charge < -0.3 is 15.3 Å². The van der Waals surface area contributed by atoms with Gasteiger partial charge in [0.05, 0.1) is 11.5 Å². The molecule has 98 valence electrons. The number of hydrogen-bond donors (Lipinski definition) is 2. The number of aliphatic hydroxyl groups is 1. The maximum atomic E-state index is 11.0. The third-order valence-corrected chi connectivity index (χ3v) is 2.91. The highest BCUT2D eigenvalue weighted by Gasteiger charge is 2.33. The number of nitro groups is 1. The fourth-order valence-electron chi connectivity index (χ4n) is 1.89. The largest absolute Gasteiger partial charge is 0.395 e. The van der Waals surface area contributed by atoms with E-state index < -0.39 is 4.92 Å². The third-order valence-electron chi connectivity index (χ3n) is 2.91. The lowest BCUT2D eigenvalue weighted by Crippen LogP contribution is -2.30. The van der Waals surface area contributed by atoms with E-state index in [4.69, 9.17) is 5.11 Å². The van der Waals surface area contributed by atoms with Gasteiger partial charge in [0, 0.05) is 25.7 Å². The van der Waals surface area contributed by atoms with Crippen molar-refractivity contribution in [2.75, 3.05) is 30.4 Å². The maximum absolute atomic E-state index is 11.0. The Morgan fingerprint density at radius 2 is 2.33 bits per heavy atom. The van der Waals surface area contributed by atoms with E-state index in [2.05, 4.69) is 10.3 Å². The van der Waals surface area contributed by atoms with Gasteiger partial charge in [0.25, 0.3) is 0 Å². The van der Waals surface area contributed by atoms with Crippen LogP contribution in [0.1, 0.15) is 12.8 Å². The lowest BCUT2D eigenvalue weighted by Gasteiger charge is -2.22. The Hall–Kier alpha value is -1.89. The fraction of sp³-hybridized carbons (Fsp3) is 0.545. The van der Waals surface area contributed by atoms with Crippen molar-refractivity contribution in [2.45, 2.75) is 18.9 Å². The zero-order chi connectivity index (χ0) is 13.1. The van der Waals surface area contributed by atoms with Gasteiger partial charge in [0.2, 0.25) is 5.82 Å². The second-order valence-electron chi connectivity index (χ2n) is 4.19. The Balaban J connectivity index is 2.40. The van der Waals surface area contributed by atoms with Crippen molar-refractivity contribution < 1.29 is 10.0 Å². The summed E-state index contributed by atoms with van der Waals surface area (Å²) < 4.78 is 0. The molecule has 0 unspecified atom stereocenters. The number of pyridine rings is 1. The molecular weight excluding hydrogens is 236 g/mol. The second-order valence-corrected chi connectivity index (χ2v) is 4.19. The third kappa shape index (κ3) is 2.51. The SMILES string of the molecule is CNc1ccc([N+](=O)[O-])c(N(CCO)C2CC2)n1. The Morgan fingerprint density at radius 3 is 2.83 bits per heavy atom. The van der Waals surface area contributed by atoms with Gasteiger partial charge in [0.1, 0.15) is 5.82 Å². The number of aromatic nitrogens is 1. The number of rotatable bonds is 6. The molecule has 7 heteroatoms. The van der Waals surface area contributed by atoms with Crippen LogP contribution in [0.2, 0.25) is 0 Å². The summed E-state index contributed by atoms with van der Waals surface area (Å²) in [6.45, 7) is 0.324. The van der Waals surface area contributed by atoms with Crippen molar-refractivity contribution in [3.63, 3.8) is 0 Å². The van der Waals surface area contributed by atoms with Crippen LogP contribution < -0.4 is 10.2 Å². The summed E-state index contributed by atoms with van der Waals surface area (Å²) in [4.78, 5) is 16.7. The Bertz CT molecular complexity index is 448. The normalized spacial score (nSPS) is 14.3. The molecule has 1 aromatic rings. The molecule has 1 aliphatic carbocycles. The van der Waals surface area contributed by atoms with Gasteiger partial charge in [-0.25, -0.2) is 4.98 Å². The number of anilines is 2. The minimum Gasteiger partial charge on any atom is -0.395 e. The monoisotopic (exact) mass is 252 g/mol. The standard InChI is InChI=1S/C11H16N4O3/c1-12-10-5-4-9(15(17)18)11(13-10)14(6-7-16)8-2-3-8/h4-5,8,16H,2-3,6-7H2,1H3,(H,12,13). The minimum atomic E-state index is -0.436. The molecule has 0 saturated heterocycles. The van der Waals surface area contributed by atoms with Crippen LogP contribution in [0.5, 0.6) is 0 Å². The lowest BCUT2D eigenvalue weighted by molar-refractivity contribution is -0.384. The molecule has 0 aromatic carbocycles. The van der Waals surface area contributed by atoms with Crippen LogP contribution in [0, 0.1) is 10.1 Å². The van der Waals surface area contributed by atoms with Gasteiger partial charge in [-0.2, -0.15) is 0 Å². The molecule has 0 atom stereocenters. The van der Waals surface area contributed by atoms with Gasteiger partial charge in [0.15, 0.2) is 0 Å². The molecule has 1 aromatic heterocycles. The second kappa shape index (κ2) is 5.18. The van der Waals surface area contributed by atoms with Crippen molar-refractivity contribution in [2.24, 2.45) is 0 Å². The van der Waals surface area contributed by atoms with Crippen LogP contribution in [0.3, 0.4) is 0 Å². The van der Waals surface area contributed by atoms with Crippen LogP contribution in [-0.4, -0.2) is 41.3 Å². The molecule has 1 fully saturated rings. The van der Waals surface area contributed by atoms with Crippen molar-refractivity contribution in [1.29, 1.82) is 0 Å². The molecule has 1 aliphatic rings. The molecule has 1 saturated carbocycles. The molecule has 0 aliphatic heterocycles. The first-order valence-electron chi connectivity index (χ1n) is 5.88. The lowest BCUT2D eigenvalue weighted by atomic mass is 10.3. The Labute approximate surface area is 105 Å². The van der Waals surface area contributed by atoms with Gasteiger partial charge in [-0.05, 0) is 18.9 Å². The van der Waals surface area contributed by atoms with Gasteiger partial charge in [-0.15, -0.1) is 0 Å². The van der Waals surface area contributed by atoms with E-state index in [0.29, 0.717) is 18.2 Å². The Morgan fingerprint density at radius 1 is 1.61 bits per heavy atom. The van der Waals surface area contributed by atoms with Gasteiger partial charge in [-0.3, -0.25) is 10.1 Å². The summed E-state index contributed by atoms with van der Waals surface area (Å²) in [5.74, 6) is 0.919. The van der Waals surface area contributed by atoms with Crippen LogP contribution in [0.4, 0.5) is 17.3 Å². The highest BCUT2D eigenvalue weighted by atomic mass is 16.6. The summed E-state index contributed by atoms with van der Waals surface area (Å²) in [6, 6.07) is 3.28. The fourth-order valence-corrected chi connectivity index (χ4v) is 1.89. The number of hydrogen-bond acceptors (Lipinski definition) is 6. The summed E-state index contributed by atoms with van der Waals surface area (Å²) >= 11 is 0. The summed E-state index contributed by atoms with van der Waals surface area (Å²) in [5.41, 5.74) is -0.0191. The van der Waals surface area contributed by atoms with E-state index in [0.717, 1.165) is 12.8 Å². The van der Waals surface area contributed by atoms with E-state index >= 15 is 0 Å². The number of aliphatic hydroxyl groups excluding tert-OH is 1. The summed E-state index contributed by atoms with van der Waals surface area (Å²) in [5, 5.41) is 23.0. The predicted octanol–water partition coefficient (Wildman–Crippen LogP) is 0.993. The molecule has 18 heavy (non-hydrogen) atoms. The van der Waals surface area contributed by atoms with Crippen molar-refractivity contribution in [3.8, 4) is 0 Å². The molecule has 0 spiro atoms. The molecule has 7 nitrogen and oxygen atoms in total. The first-order chi connectivity index (χ1) is 8.67. The zero-order valence-electron chi connectivity index (χ0n) is 10.2. The van der Waals surface area contributed by atoms with E-state index in [1.54, 1.807) is 13.1 Å². The smallest absolute Gasteiger partial charge is 0.311 e. The van der Waals surface area contributed by atoms with Gasteiger partial charge >= 0.3 is 5.69 Å². The molecule has 0 radical (unpaired) electrons. The van der Waals surface area contributed by atoms with Crippen LogP contribution in [0.15, 0.2) is 12.1 Å². The van der Waals surface area contributed by atoms with Crippen molar-refractivity contribution in [3.05, 3.63) is 22.2 Å². The summed E-state index contributed by atoms with van der Waals surface area (Å²) in [6.07, 6.45) is 1.98. The summed E-state index contributed by atoms with van der Waals surface area (Å²) in [7, 11) is 1.71. The average Bonchev–Trinajstić information content (AvgIpc) is 3.19.